The summed E-state index contributed by atoms with van der Waals surface area (Å²) in [5, 5.41) is 5.84. The average molecular weight is 413 g/mol. The second-order valence-corrected chi connectivity index (χ2v) is 8.88. The first-order chi connectivity index (χ1) is 14.7. The van der Waals surface area contributed by atoms with Gasteiger partial charge in [-0.3, -0.25) is 24.8 Å². The van der Waals surface area contributed by atoms with Gasteiger partial charge in [-0.2, -0.15) is 0 Å². The normalized spacial score (nSPS) is 25.3. The Labute approximate surface area is 178 Å². The van der Waals surface area contributed by atoms with Gasteiger partial charge in [0.05, 0.1) is 0 Å². The van der Waals surface area contributed by atoms with Crippen molar-refractivity contribution in [3.8, 4) is 0 Å². The van der Waals surface area contributed by atoms with E-state index in [4.69, 9.17) is 0 Å². The van der Waals surface area contributed by atoms with Crippen molar-refractivity contribution in [3.05, 3.63) is 24.3 Å². The first kappa shape index (κ1) is 19.8. The lowest BCUT2D eigenvalue weighted by molar-refractivity contribution is -0.120. The monoisotopic (exact) mass is 412 g/mol. The molecule has 4 aliphatic heterocycles. The lowest BCUT2D eigenvalue weighted by Crippen LogP contribution is -2.65. The number of hydrogen-bond acceptors (Lipinski definition) is 6. The lowest BCUT2D eigenvalue weighted by Gasteiger charge is -2.51. The summed E-state index contributed by atoms with van der Waals surface area (Å²) in [6.45, 7) is 9.57. The Hall–Kier alpha value is -2.16. The number of imide groups is 1. The van der Waals surface area contributed by atoms with E-state index < -0.39 is 0 Å². The Morgan fingerprint density at radius 1 is 0.767 bits per heavy atom. The van der Waals surface area contributed by atoms with Crippen molar-refractivity contribution in [2.75, 3.05) is 68.7 Å². The van der Waals surface area contributed by atoms with E-state index in [1.54, 1.807) is 4.90 Å². The highest BCUT2D eigenvalue weighted by Crippen LogP contribution is 2.26. The number of benzene rings is 1. The highest BCUT2D eigenvalue weighted by atomic mass is 16.2. The minimum absolute atomic E-state index is 0.198. The van der Waals surface area contributed by atoms with Crippen LogP contribution in [0.15, 0.2) is 24.3 Å². The number of carbonyl (C=O) groups excluding carboxylic acids is 2. The van der Waals surface area contributed by atoms with E-state index in [0.29, 0.717) is 13.0 Å². The number of nitrogens with zero attached hydrogens (tertiary/aromatic N) is 4. The molecule has 0 unspecified atom stereocenters. The Balaban J connectivity index is 1.10. The molecule has 4 saturated heterocycles. The second-order valence-electron chi connectivity index (χ2n) is 8.88. The number of piperidine rings is 1. The molecule has 4 fully saturated rings. The highest BCUT2D eigenvalue weighted by Gasteiger charge is 2.37. The van der Waals surface area contributed by atoms with Crippen LogP contribution in [-0.4, -0.2) is 92.7 Å². The van der Waals surface area contributed by atoms with E-state index in [2.05, 4.69) is 37.5 Å². The van der Waals surface area contributed by atoms with Crippen LogP contribution in [0.25, 0.3) is 0 Å². The second kappa shape index (κ2) is 8.53. The van der Waals surface area contributed by atoms with Gasteiger partial charge in [0.2, 0.25) is 5.91 Å². The number of amides is 3. The zero-order chi connectivity index (χ0) is 20.5. The molecule has 0 radical (unpaired) electrons. The van der Waals surface area contributed by atoms with Crippen LogP contribution in [0, 0.1) is 0 Å². The summed E-state index contributed by atoms with van der Waals surface area (Å²) in [5.74, 6) is -0.198. The minimum atomic E-state index is -0.327. The topological polar surface area (TPSA) is 71.2 Å². The molecule has 0 bridgehead atoms. The molecule has 4 aliphatic rings. The summed E-state index contributed by atoms with van der Waals surface area (Å²) >= 11 is 0. The van der Waals surface area contributed by atoms with Gasteiger partial charge in [0.15, 0.2) is 0 Å². The van der Waals surface area contributed by atoms with Crippen LogP contribution in [0.4, 0.5) is 16.2 Å². The third-order valence-corrected chi connectivity index (χ3v) is 7.13. The maximum atomic E-state index is 12.0. The quantitative estimate of drug-likeness (QED) is 0.758. The smallest absolute Gasteiger partial charge is 0.328 e. The molecule has 4 heterocycles. The van der Waals surface area contributed by atoms with E-state index in [1.807, 2.05) is 12.1 Å². The first-order valence-electron chi connectivity index (χ1n) is 11.3. The van der Waals surface area contributed by atoms with Crippen LogP contribution in [-0.2, 0) is 4.79 Å². The molecule has 0 aromatic heterocycles. The van der Waals surface area contributed by atoms with Crippen molar-refractivity contribution in [3.63, 3.8) is 0 Å². The number of piperazine rings is 1. The maximum absolute atomic E-state index is 12.0. The molecule has 0 aliphatic carbocycles. The predicted octanol–water partition coefficient (Wildman–Crippen LogP) is 0.691. The van der Waals surface area contributed by atoms with Gasteiger partial charge < -0.3 is 10.2 Å². The van der Waals surface area contributed by atoms with Crippen molar-refractivity contribution in [2.45, 2.75) is 31.3 Å². The van der Waals surface area contributed by atoms with Crippen LogP contribution in [0.3, 0.4) is 0 Å². The van der Waals surface area contributed by atoms with Crippen LogP contribution in [0.1, 0.15) is 19.3 Å². The summed E-state index contributed by atoms with van der Waals surface area (Å²) in [6, 6.07) is 9.35. The molecule has 0 saturated carbocycles. The van der Waals surface area contributed by atoms with Gasteiger partial charge in [0, 0.05) is 75.7 Å². The minimum Gasteiger partial charge on any atom is -0.369 e. The molecule has 0 spiro atoms. The number of urea groups is 1. The highest BCUT2D eigenvalue weighted by molar-refractivity contribution is 6.05. The number of anilines is 2. The fraction of sp³-hybridized carbons (Fsp3) is 0.636. The number of carbonyl (C=O) groups is 2. The zero-order valence-electron chi connectivity index (χ0n) is 17.6. The van der Waals surface area contributed by atoms with Gasteiger partial charge in [-0.1, -0.05) is 0 Å². The van der Waals surface area contributed by atoms with Gasteiger partial charge in [0.25, 0.3) is 0 Å². The van der Waals surface area contributed by atoms with Gasteiger partial charge >= 0.3 is 6.03 Å². The van der Waals surface area contributed by atoms with E-state index in [9.17, 15) is 9.59 Å². The summed E-state index contributed by atoms with van der Waals surface area (Å²) in [5.41, 5.74) is 2.05. The molecule has 8 nitrogen and oxygen atoms in total. The maximum Gasteiger partial charge on any atom is 0.328 e. The van der Waals surface area contributed by atoms with E-state index >= 15 is 0 Å². The number of hydrogen-bond donors (Lipinski definition) is 2. The van der Waals surface area contributed by atoms with Crippen molar-refractivity contribution >= 4 is 23.3 Å². The Morgan fingerprint density at radius 2 is 1.43 bits per heavy atom. The summed E-state index contributed by atoms with van der Waals surface area (Å²) in [6.07, 6.45) is 2.95. The Kier molecular flexibility index (Phi) is 5.62. The van der Waals surface area contributed by atoms with Gasteiger partial charge in [-0.25, -0.2) is 4.79 Å². The standard InChI is InChI=1S/C22H32N6O2/c29-21-7-10-28(22(30)24-21)19-3-1-17(2-4-19)25-11-13-26(14-12-25)20-15-27(16-20)18-5-8-23-9-6-18/h1-4,18,20,23H,5-16H2,(H,24,29,30). The molecule has 3 amide bonds. The van der Waals surface area contributed by atoms with Crippen molar-refractivity contribution in [2.24, 2.45) is 0 Å². The molecule has 8 heteroatoms. The molecular formula is C22H32N6O2. The molecule has 5 rings (SSSR count). The SMILES string of the molecule is O=C1CCN(c2ccc(N3CCN(C4CN(C5CCNCC5)C4)CC3)cc2)C(=O)N1. The summed E-state index contributed by atoms with van der Waals surface area (Å²) < 4.78 is 0. The van der Waals surface area contributed by atoms with Crippen molar-refractivity contribution in [1.29, 1.82) is 0 Å². The van der Waals surface area contributed by atoms with Crippen molar-refractivity contribution in [1.82, 2.24) is 20.4 Å². The van der Waals surface area contributed by atoms with Gasteiger partial charge in [-0.15, -0.1) is 0 Å². The molecular weight excluding hydrogens is 380 g/mol. The molecule has 1 aromatic carbocycles. The van der Waals surface area contributed by atoms with Gasteiger partial charge in [0.1, 0.15) is 0 Å². The van der Waals surface area contributed by atoms with E-state index in [0.717, 1.165) is 44.0 Å². The average Bonchev–Trinajstić information content (AvgIpc) is 2.74. The molecule has 2 N–H and O–H groups in total. The lowest BCUT2D eigenvalue weighted by atomic mass is 9.97. The molecule has 30 heavy (non-hydrogen) atoms. The summed E-state index contributed by atoms with van der Waals surface area (Å²) in [7, 11) is 0. The van der Waals surface area contributed by atoms with Crippen molar-refractivity contribution < 1.29 is 9.59 Å². The third-order valence-electron chi connectivity index (χ3n) is 7.13. The third kappa shape index (κ3) is 4.04. The number of rotatable bonds is 4. The number of likely N-dealkylation sites (tertiary alicyclic amines) is 1. The fourth-order valence-corrected chi connectivity index (χ4v) is 5.19. The molecule has 162 valence electrons. The number of nitrogens with one attached hydrogen (secondary N) is 2. The van der Waals surface area contributed by atoms with Crippen LogP contribution >= 0.6 is 0 Å². The van der Waals surface area contributed by atoms with Crippen LogP contribution in [0.2, 0.25) is 0 Å². The largest absolute Gasteiger partial charge is 0.369 e. The predicted molar refractivity (Wildman–Crippen MR) is 117 cm³/mol. The van der Waals surface area contributed by atoms with Gasteiger partial charge in [-0.05, 0) is 50.2 Å². The van der Waals surface area contributed by atoms with Crippen LogP contribution in [0.5, 0.6) is 0 Å². The first-order valence-corrected chi connectivity index (χ1v) is 11.3. The summed E-state index contributed by atoms with van der Waals surface area (Å²) in [4.78, 5) is 32.8. The van der Waals surface area contributed by atoms with E-state index in [-0.39, 0.29) is 11.9 Å². The fourth-order valence-electron chi connectivity index (χ4n) is 5.19. The molecule has 1 aromatic rings. The zero-order valence-corrected chi connectivity index (χ0v) is 17.6. The van der Waals surface area contributed by atoms with Crippen LogP contribution < -0.4 is 20.4 Å². The van der Waals surface area contributed by atoms with E-state index in [1.165, 1.54) is 44.7 Å². The Morgan fingerprint density at radius 3 is 2.10 bits per heavy atom. The molecule has 0 atom stereocenters. The Bertz CT molecular complexity index is 764.